The van der Waals surface area contributed by atoms with Crippen LogP contribution in [0.5, 0.6) is 0 Å². The highest BCUT2D eigenvalue weighted by atomic mass is 35.5. The van der Waals surface area contributed by atoms with Crippen LogP contribution >= 0.6 is 11.6 Å². The minimum Gasteiger partial charge on any atom is -0.344 e. The second kappa shape index (κ2) is 5.57. The highest BCUT2D eigenvalue weighted by molar-refractivity contribution is 6.16. The zero-order chi connectivity index (χ0) is 14.0. The van der Waals surface area contributed by atoms with Crippen LogP contribution in [0, 0.1) is 6.92 Å². The number of imidazole rings is 1. The molecule has 0 aliphatic heterocycles. The SMILES string of the molecule is CCN(C)C(=O)Cn1c(CCl)nc2ccc(C)nc21. The Bertz CT molecular complexity index is 608. The van der Waals surface area contributed by atoms with Crippen LogP contribution in [-0.2, 0) is 17.2 Å². The molecular formula is C13H17ClN4O. The summed E-state index contributed by atoms with van der Waals surface area (Å²) in [6.45, 7) is 4.75. The van der Waals surface area contributed by atoms with Gasteiger partial charge < -0.3 is 9.47 Å². The van der Waals surface area contributed by atoms with E-state index < -0.39 is 0 Å². The molecular weight excluding hydrogens is 264 g/mol. The van der Waals surface area contributed by atoms with Gasteiger partial charge in [-0.3, -0.25) is 4.79 Å². The monoisotopic (exact) mass is 280 g/mol. The number of carbonyl (C=O) groups excluding carboxylic acids is 1. The van der Waals surface area contributed by atoms with Gasteiger partial charge in [-0.05, 0) is 26.0 Å². The molecule has 5 nitrogen and oxygen atoms in total. The average Bonchev–Trinajstić information content (AvgIpc) is 2.75. The standard InChI is InChI=1S/C13H17ClN4O/c1-4-17(3)12(19)8-18-11(7-14)16-10-6-5-9(2)15-13(10)18/h5-6H,4,7-8H2,1-3H3. The van der Waals surface area contributed by atoms with E-state index in [0.717, 1.165) is 11.2 Å². The molecule has 0 aliphatic carbocycles. The normalized spacial score (nSPS) is 10.9. The molecule has 2 aromatic heterocycles. The van der Waals surface area contributed by atoms with Gasteiger partial charge >= 0.3 is 0 Å². The number of halogens is 1. The Morgan fingerprint density at radius 3 is 2.79 bits per heavy atom. The van der Waals surface area contributed by atoms with Crippen molar-refractivity contribution in [1.82, 2.24) is 19.4 Å². The first kappa shape index (κ1) is 13.8. The topological polar surface area (TPSA) is 51.0 Å². The Morgan fingerprint density at radius 1 is 1.42 bits per heavy atom. The molecule has 0 saturated heterocycles. The number of fused-ring (bicyclic) bond motifs is 1. The first-order chi connectivity index (χ1) is 9.06. The number of aryl methyl sites for hydroxylation is 1. The lowest BCUT2D eigenvalue weighted by molar-refractivity contribution is -0.130. The summed E-state index contributed by atoms with van der Waals surface area (Å²) >= 11 is 5.90. The third-order valence-electron chi connectivity index (χ3n) is 3.12. The highest BCUT2D eigenvalue weighted by Crippen LogP contribution is 2.16. The van der Waals surface area contributed by atoms with Gasteiger partial charge in [-0.2, -0.15) is 0 Å². The van der Waals surface area contributed by atoms with E-state index in [2.05, 4.69) is 9.97 Å². The van der Waals surface area contributed by atoms with Gasteiger partial charge in [0.15, 0.2) is 5.65 Å². The molecule has 0 radical (unpaired) electrons. The molecule has 19 heavy (non-hydrogen) atoms. The number of alkyl halides is 1. The Labute approximate surface area is 117 Å². The van der Waals surface area contributed by atoms with Crippen molar-refractivity contribution in [3.05, 3.63) is 23.7 Å². The summed E-state index contributed by atoms with van der Waals surface area (Å²) in [5.41, 5.74) is 2.38. The number of carbonyl (C=O) groups is 1. The zero-order valence-electron chi connectivity index (χ0n) is 11.4. The molecule has 6 heteroatoms. The van der Waals surface area contributed by atoms with Crippen molar-refractivity contribution in [2.45, 2.75) is 26.3 Å². The largest absolute Gasteiger partial charge is 0.344 e. The van der Waals surface area contributed by atoms with Crippen molar-refractivity contribution < 1.29 is 4.79 Å². The molecule has 0 aliphatic rings. The maximum atomic E-state index is 12.0. The molecule has 0 bridgehead atoms. The van der Waals surface area contributed by atoms with E-state index in [-0.39, 0.29) is 18.3 Å². The summed E-state index contributed by atoms with van der Waals surface area (Å²) < 4.78 is 1.80. The smallest absolute Gasteiger partial charge is 0.242 e. The van der Waals surface area contributed by atoms with Crippen LogP contribution in [0.1, 0.15) is 18.4 Å². The molecule has 2 heterocycles. The number of likely N-dealkylation sites (N-methyl/N-ethyl adjacent to an activating group) is 1. The van der Waals surface area contributed by atoms with Crippen molar-refractivity contribution in [2.75, 3.05) is 13.6 Å². The number of hydrogen-bond acceptors (Lipinski definition) is 3. The van der Waals surface area contributed by atoms with Crippen molar-refractivity contribution in [1.29, 1.82) is 0 Å². The number of nitrogens with zero attached hydrogens (tertiary/aromatic N) is 4. The van der Waals surface area contributed by atoms with Crippen LogP contribution in [0.15, 0.2) is 12.1 Å². The minimum atomic E-state index is 0.0245. The molecule has 0 spiro atoms. The first-order valence-electron chi connectivity index (χ1n) is 6.19. The Kier molecular flexibility index (Phi) is 4.04. The maximum absolute atomic E-state index is 12.0. The fraction of sp³-hybridized carbons (Fsp3) is 0.462. The summed E-state index contributed by atoms with van der Waals surface area (Å²) in [4.78, 5) is 22.6. The van der Waals surface area contributed by atoms with Gasteiger partial charge in [0, 0.05) is 19.3 Å². The van der Waals surface area contributed by atoms with Crippen molar-refractivity contribution >= 4 is 28.7 Å². The van der Waals surface area contributed by atoms with Gasteiger partial charge in [-0.1, -0.05) is 0 Å². The van der Waals surface area contributed by atoms with Crippen molar-refractivity contribution in [3.8, 4) is 0 Å². The summed E-state index contributed by atoms with van der Waals surface area (Å²) in [6.07, 6.45) is 0. The van der Waals surface area contributed by atoms with Crippen LogP contribution in [-0.4, -0.2) is 38.9 Å². The van der Waals surface area contributed by atoms with Gasteiger partial charge in [-0.15, -0.1) is 11.6 Å². The van der Waals surface area contributed by atoms with E-state index in [1.807, 2.05) is 26.0 Å². The molecule has 2 aromatic rings. The summed E-state index contributed by atoms with van der Waals surface area (Å²) in [5, 5.41) is 0. The predicted molar refractivity (Wildman–Crippen MR) is 75.1 cm³/mol. The number of hydrogen-bond donors (Lipinski definition) is 0. The van der Waals surface area contributed by atoms with Gasteiger partial charge in [0.25, 0.3) is 0 Å². The minimum absolute atomic E-state index is 0.0245. The van der Waals surface area contributed by atoms with E-state index in [4.69, 9.17) is 11.6 Å². The molecule has 102 valence electrons. The van der Waals surface area contributed by atoms with E-state index in [0.29, 0.717) is 18.0 Å². The fourth-order valence-electron chi connectivity index (χ4n) is 1.84. The quantitative estimate of drug-likeness (QED) is 0.805. The van der Waals surface area contributed by atoms with Crippen LogP contribution < -0.4 is 0 Å². The second-order valence-electron chi connectivity index (χ2n) is 4.45. The molecule has 0 saturated carbocycles. The van der Waals surface area contributed by atoms with Crippen molar-refractivity contribution in [3.63, 3.8) is 0 Å². The fourth-order valence-corrected chi connectivity index (χ4v) is 2.05. The molecule has 1 amide bonds. The Balaban J connectivity index is 2.45. The predicted octanol–water partition coefficient (Wildman–Crippen LogP) is 1.96. The zero-order valence-corrected chi connectivity index (χ0v) is 12.1. The molecule has 0 atom stereocenters. The molecule has 2 rings (SSSR count). The van der Waals surface area contributed by atoms with E-state index in [1.54, 1.807) is 16.5 Å². The summed E-state index contributed by atoms with van der Waals surface area (Å²) in [5.74, 6) is 0.961. The number of amides is 1. The molecule has 0 fully saturated rings. The lowest BCUT2D eigenvalue weighted by Crippen LogP contribution is -2.30. The van der Waals surface area contributed by atoms with Crippen LogP contribution in [0.3, 0.4) is 0 Å². The van der Waals surface area contributed by atoms with Crippen LogP contribution in [0.4, 0.5) is 0 Å². The second-order valence-corrected chi connectivity index (χ2v) is 4.72. The lowest BCUT2D eigenvalue weighted by atomic mass is 10.3. The van der Waals surface area contributed by atoms with E-state index in [1.165, 1.54) is 0 Å². The van der Waals surface area contributed by atoms with Gasteiger partial charge in [0.1, 0.15) is 17.9 Å². The third kappa shape index (κ3) is 2.71. The lowest BCUT2D eigenvalue weighted by Gasteiger charge is -2.15. The first-order valence-corrected chi connectivity index (χ1v) is 6.73. The Hall–Kier alpha value is -1.62. The average molecular weight is 281 g/mol. The number of pyridine rings is 1. The van der Waals surface area contributed by atoms with Crippen LogP contribution in [0.25, 0.3) is 11.2 Å². The summed E-state index contributed by atoms with van der Waals surface area (Å²) in [7, 11) is 1.78. The third-order valence-corrected chi connectivity index (χ3v) is 3.36. The molecule has 0 unspecified atom stereocenters. The maximum Gasteiger partial charge on any atom is 0.242 e. The van der Waals surface area contributed by atoms with Gasteiger partial charge in [-0.25, -0.2) is 9.97 Å². The van der Waals surface area contributed by atoms with Gasteiger partial charge in [0.05, 0.1) is 5.88 Å². The van der Waals surface area contributed by atoms with Gasteiger partial charge in [0.2, 0.25) is 5.91 Å². The number of rotatable bonds is 4. The van der Waals surface area contributed by atoms with Crippen LogP contribution in [0.2, 0.25) is 0 Å². The van der Waals surface area contributed by atoms with Crippen molar-refractivity contribution in [2.24, 2.45) is 0 Å². The summed E-state index contributed by atoms with van der Waals surface area (Å²) in [6, 6.07) is 3.80. The van der Waals surface area contributed by atoms with E-state index in [9.17, 15) is 4.79 Å². The molecule has 0 aromatic carbocycles. The highest BCUT2D eigenvalue weighted by Gasteiger charge is 2.15. The molecule has 0 N–H and O–H groups in total. The Morgan fingerprint density at radius 2 is 2.16 bits per heavy atom. The number of aromatic nitrogens is 3. The van der Waals surface area contributed by atoms with E-state index >= 15 is 0 Å².